The van der Waals surface area contributed by atoms with E-state index in [1.807, 2.05) is 13.0 Å². The molecular formula is C14H19Cl2NO2. The van der Waals surface area contributed by atoms with Crippen LogP contribution in [0.1, 0.15) is 31.7 Å². The van der Waals surface area contributed by atoms with E-state index >= 15 is 0 Å². The van der Waals surface area contributed by atoms with Gasteiger partial charge in [0.15, 0.2) is 0 Å². The highest BCUT2D eigenvalue weighted by Gasteiger charge is 2.10. The zero-order chi connectivity index (χ0) is 14.3. The van der Waals surface area contributed by atoms with Crippen LogP contribution >= 0.6 is 23.2 Å². The first-order chi connectivity index (χ1) is 9.06. The van der Waals surface area contributed by atoms with E-state index < -0.39 is 0 Å². The largest absolute Gasteiger partial charge is 0.396 e. The topological polar surface area (TPSA) is 49.3 Å². The fourth-order valence-electron chi connectivity index (χ4n) is 1.79. The molecule has 0 heterocycles. The lowest BCUT2D eigenvalue weighted by Gasteiger charge is -2.15. The van der Waals surface area contributed by atoms with Crippen molar-refractivity contribution < 1.29 is 9.90 Å². The highest BCUT2D eigenvalue weighted by atomic mass is 35.5. The van der Waals surface area contributed by atoms with Crippen LogP contribution in [-0.4, -0.2) is 23.7 Å². The van der Waals surface area contributed by atoms with E-state index in [9.17, 15) is 4.79 Å². The number of aliphatic hydroxyl groups excluding tert-OH is 1. The predicted octanol–water partition coefficient (Wildman–Crippen LogP) is 3.20. The number of hydrogen-bond acceptors (Lipinski definition) is 2. The number of amides is 1. The van der Waals surface area contributed by atoms with E-state index in [-0.39, 0.29) is 18.6 Å². The van der Waals surface area contributed by atoms with Crippen LogP contribution in [0.4, 0.5) is 0 Å². The minimum atomic E-state index is -0.00799. The Morgan fingerprint density at radius 1 is 1.37 bits per heavy atom. The van der Waals surface area contributed by atoms with Crippen molar-refractivity contribution in [2.45, 2.75) is 38.6 Å². The van der Waals surface area contributed by atoms with Gasteiger partial charge in [-0.25, -0.2) is 0 Å². The van der Waals surface area contributed by atoms with Gasteiger partial charge in [-0.3, -0.25) is 4.79 Å². The maximum atomic E-state index is 11.8. The van der Waals surface area contributed by atoms with Gasteiger partial charge in [0.1, 0.15) is 0 Å². The lowest BCUT2D eigenvalue weighted by Crippen LogP contribution is -2.35. The van der Waals surface area contributed by atoms with Crippen molar-refractivity contribution >= 4 is 29.1 Å². The molecule has 2 N–H and O–H groups in total. The molecule has 0 aromatic heterocycles. The van der Waals surface area contributed by atoms with Crippen LogP contribution in [0.5, 0.6) is 0 Å². The predicted molar refractivity (Wildman–Crippen MR) is 78.7 cm³/mol. The van der Waals surface area contributed by atoms with Crippen LogP contribution in [0.15, 0.2) is 18.2 Å². The number of carbonyl (C=O) groups is 1. The molecule has 19 heavy (non-hydrogen) atoms. The molecule has 1 amide bonds. The average molecular weight is 304 g/mol. The number of benzene rings is 1. The van der Waals surface area contributed by atoms with Gasteiger partial charge in [0.05, 0.1) is 10.0 Å². The number of halogens is 2. The number of carbonyl (C=O) groups excluding carboxylic acids is 1. The van der Waals surface area contributed by atoms with E-state index in [0.717, 1.165) is 12.0 Å². The van der Waals surface area contributed by atoms with Crippen LogP contribution in [-0.2, 0) is 11.2 Å². The summed E-state index contributed by atoms with van der Waals surface area (Å²) in [7, 11) is 0. The molecular weight excluding hydrogens is 285 g/mol. The molecule has 1 aromatic rings. The van der Waals surface area contributed by atoms with Crippen molar-refractivity contribution in [3.63, 3.8) is 0 Å². The maximum absolute atomic E-state index is 11.8. The molecule has 1 atom stereocenters. The molecule has 0 fully saturated rings. The monoisotopic (exact) mass is 303 g/mol. The summed E-state index contributed by atoms with van der Waals surface area (Å²) in [5.74, 6) is -0.00799. The van der Waals surface area contributed by atoms with Crippen molar-refractivity contribution in [3.05, 3.63) is 33.8 Å². The van der Waals surface area contributed by atoms with Gasteiger partial charge in [0, 0.05) is 19.1 Å². The summed E-state index contributed by atoms with van der Waals surface area (Å²) in [6, 6.07) is 5.43. The van der Waals surface area contributed by atoms with Gasteiger partial charge in [-0.1, -0.05) is 36.2 Å². The third kappa shape index (κ3) is 5.81. The second-order valence-corrected chi connectivity index (χ2v) is 5.25. The Bertz CT molecular complexity index is 424. The average Bonchev–Trinajstić information content (AvgIpc) is 2.39. The Hall–Kier alpha value is -0.770. The fraction of sp³-hybridized carbons (Fsp3) is 0.500. The van der Waals surface area contributed by atoms with Crippen molar-refractivity contribution in [1.82, 2.24) is 5.32 Å². The van der Waals surface area contributed by atoms with E-state index in [2.05, 4.69) is 5.32 Å². The van der Waals surface area contributed by atoms with E-state index in [1.165, 1.54) is 0 Å². The van der Waals surface area contributed by atoms with Crippen molar-refractivity contribution in [1.29, 1.82) is 0 Å². The summed E-state index contributed by atoms with van der Waals surface area (Å²) in [5.41, 5.74) is 0.986. The molecule has 1 unspecified atom stereocenters. The molecule has 0 radical (unpaired) electrons. The second-order valence-electron chi connectivity index (χ2n) is 4.43. The van der Waals surface area contributed by atoms with E-state index in [1.54, 1.807) is 12.1 Å². The van der Waals surface area contributed by atoms with Gasteiger partial charge in [-0.15, -0.1) is 0 Å². The molecule has 0 aliphatic heterocycles. The van der Waals surface area contributed by atoms with Crippen LogP contribution in [0, 0.1) is 0 Å². The molecule has 0 saturated heterocycles. The number of rotatable bonds is 7. The van der Waals surface area contributed by atoms with Crippen molar-refractivity contribution in [3.8, 4) is 0 Å². The highest BCUT2D eigenvalue weighted by Crippen LogP contribution is 2.23. The number of nitrogens with one attached hydrogen (secondary N) is 1. The summed E-state index contributed by atoms with van der Waals surface area (Å²) in [5, 5.41) is 12.8. The third-order valence-electron chi connectivity index (χ3n) is 2.96. The van der Waals surface area contributed by atoms with Gasteiger partial charge in [0.25, 0.3) is 0 Å². The standard InChI is InChI=1S/C14H19Cl2NO2/c1-2-11(7-8-18)17-14(19)6-4-10-3-5-12(15)13(16)9-10/h3,5,9,11,18H,2,4,6-8H2,1H3,(H,17,19). The smallest absolute Gasteiger partial charge is 0.220 e. The van der Waals surface area contributed by atoms with Crippen LogP contribution in [0.2, 0.25) is 10.0 Å². The zero-order valence-corrected chi connectivity index (χ0v) is 12.5. The quantitative estimate of drug-likeness (QED) is 0.812. The molecule has 1 rings (SSSR count). The molecule has 0 aliphatic rings. The molecule has 5 heteroatoms. The van der Waals surface area contributed by atoms with Gasteiger partial charge < -0.3 is 10.4 Å². The molecule has 3 nitrogen and oxygen atoms in total. The summed E-state index contributed by atoms with van der Waals surface area (Å²) in [4.78, 5) is 11.8. The first-order valence-electron chi connectivity index (χ1n) is 6.41. The fourth-order valence-corrected chi connectivity index (χ4v) is 2.11. The Labute approximate surface area is 123 Å². The summed E-state index contributed by atoms with van der Waals surface area (Å²) < 4.78 is 0. The first-order valence-corrected chi connectivity index (χ1v) is 7.16. The summed E-state index contributed by atoms with van der Waals surface area (Å²) >= 11 is 11.7. The molecule has 106 valence electrons. The van der Waals surface area contributed by atoms with Gasteiger partial charge >= 0.3 is 0 Å². The van der Waals surface area contributed by atoms with Crippen molar-refractivity contribution in [2.75, 3.05) is 6.61 Å². The highest BCUT2D eigenvalue weighted by molar-refractivity contribution is 6.42. The van der Waals surface area contributed by atoms with Crippen LogP contribution < -0.4 is 5.32 Å². The zero-order valence-electron chi connectivity index (χ0n) is 11.0. The third-order valence-corrected chi connectivity index (χ3v) is 3.70. The molecule has 0 spiro atoms. The number of aryl methyl sites for hydroxylation is 1. The SMILES string of the molecule is CCC(CCO)NC(=O)CCc1ccc(Cl)c(Cl)c1. The van der Waals surface area contributed by atoms with E-state index in [4.69, 9.17) is 28.3 Å². The Balaban J connectivity index is 2.43. The van der Waals surface area contributed by atoms with Gasteiger partial charge in [-0.05, 0) is 37.0 Å². The first kappa shape index (κ1) is 16.3. The number of aliphatic hydroxyl groups is 1. The van der Waals surface area contributed by atoms with Crippen LogP contribution in [0.3, 0.4) is 0 Å². The Kier molecular flexibility index (Phi) is 7.21. The summed E-state index contributed by atoms with van der Waals surface area (Å²) in [6.45, 7) is 2.07. The van der Waals surface area contributed by atoms with Gasteiger partial charge in [0.2, 0.25) is 5.91 Å². The second kappa shape index (κ2) is 8.41. The number of hydrogen-bond donors (Lipinski definition) is 2. The van der Waals surface area contributed by atoms with Crippen LogP contribution in [0.25, 0.3) is 0 Å². The lowest BCUT2D eigenvalue weighted by molar-refractivity contribution is -0.121. The van der Waals surface area contributed by atoms with Crippen molar-refractivity contribution in [2.24, 2.45) is 0 Å². The lowest BCUT2D eigenvalue weighted by atomic mass is 10.1. The van der Waals surface area contributed by atoms with Gasteiger partial charge in [-0.2, -0.15) is 0 Å². The normalized spacial score (nSPS) is 12.2. The molecule has 1 aromatic carbocycles. The molecule has 0 aliphatic carbocycles. The molecule has 0 saturated carbocycles. The maximum Gasteiger partial charge on any atom is 0.220 e. The Morgan fingerprint density at radius 2 is 2.11 bits per heavy atom. The minimum Gasteiger partial charge on any atom is -0.396 e. The molecule has 0 bridgehead atoms. The Morgan fingerprint density at radius 3 is 2.68 bits per heavy atom. The van der Waals surface area contributed by atoms with E-state index in [0.29, 0.717) is 29.3 Å². The summed E-state index contributed by atoms with van der Waals surface area (Å²) in [6.07, 6.45) is 2.44. The minimum absolute atomic E-state index is 0.00799.